The van der Waals surface area contributed by atoms with Gasteiger partial charge in [-0.25, -0.2) is 4.98 Å². The number of hydrogen-bond acceptors (Lipinski definition) is 3. The Morgan fingerprint density at radius 3 is 2.22 bits per heavy atom. The molecule has 1 heterocycles. The van der Waals surface area contributed by atoms with E-state index in [9.17, 15) is 4.79 Å². The van der Waals surface area contributed by atoms with Crippen LogP contribution < -0.4 is 10.2 Å². The quantitative estimate of drug-likeness (QED) is 0.830. The minimum atomic E-state index is -0.135. The Kier molecular flexibility index (Phi) is 6.15. The molecular weight excluding hydrogens is 286 g/mol. The first-order valence-corrected chi connectivity index (χ1v) is 8.23. The van der Waals surface area contributed by atoms with Crippen LogP contribution in [0.5, 0.6) is 0 Å². The third kappa shape index (κ3) is 4.81. The van der Waals surface area contributed by atoms with Gasteiger partial charge in [0.2, 0.25) is 0 Å². The van der Waals surface area contributed by atoms with Crippen LogP contribution >= 0.6 is 0 Å². The molecular formula is C19H25N3O. The summed E-state index contributed by atoms with van der Waals surface area (Å²) >= 11 is 0. The molecule has 0 atom stereocenters. The number of benzene rings is 1. The van der Waals surface area contributed by atoms with E-state index in [2.05, 4.69) is 29.0 Å². The Morgan fingerprint density at radius 2 is 1.70 bits per heavy atom. The molecule has 0 aliphatic carbocycles. The highest BCUT2D eigenvalue weighted by atomic mass is 16.1. The van der Waals surface area contributed by atoms with E-state index in [0.717, 1.165) is 37.2 Å². The van der Waals surface area contributed by atoms with Crippen LogP contribution in [0.2, 0.25) is 0 Å². The van der Waals surface area contributed by atoms with E-state index in [1.54, 1.807) is 0 Å². The van der Waals surface area contributed by atoms with Crippen LogP contribution in [0.15, 0.2) is 42.6 Å². The minimum absolute atomic E-state index is 0.135. The van der Waals surface area contributed by atoms with E-state index in [1.165, 1.54) is 0 Å². The maximum absolute atomic E-state index is 12.2. The lowest BCUT2D eigenvalue weighted by Crippen LogP contribution is -2.25. The van der Waals surface area contributed by atoms with Gasteiger partial charge in [-0.15, -0.1) is 0 Å². The summed E-state index contributed by atoms with van der Waals surface area (Å²) in [6, 6.07) is 11.4. The van der Waals surface area contributed by atoms with Gasteiger partial charge in [-0.05, 0) is 44.0 Å². The van der Waals surface area contributed by atoms with Crippen molar-refractivity contribution in [1.29, 1.82) is 0 Å². The van der Waals surface area contributed by atoms with Crippen LogP contribution in [0.3, 0.4) is 0 Å². The van der Waals surface area contributed by atoms with Gasteiger partial charge in [0, 0.05) is 18.7 Å². The molecule has 4 heteroatoms. The predicted molar refractivity (Wildman–Crippen MR) is 96.2 cm³/mol. The Balaban J connectivity index is 2.04. The summed E-state index contributed by atoms with van der Waals surface area (Å²) in [5, 5.41) is 2.84. The number of anilines is 2. The number of amides is 1. The van der Waals surface area contributed by atoms with Gasteiger partial charge in [0.25, 0.3) is 5.91 Å². The number of carbonyl (C=O) groups excluding carboxylic acids is 1. The zero-order chi connectivity index (χ0) is 16.7. The molecule has 0 aliphatic heterocycles. The number of rotatable bonds is 7. The number of aromatic nitrogens is 1. The van der Waals surface area contributed by atoms with Crippen LogP contribution in [-0.2, 0) is 0 Å². The van der Waals surface area contributed by atoms with Gasteiger partial charge >= 0.3 is 0 Å². The van der Waals surface area contributed by atoms with E-state index in [1.807, 2.05) is 49.5 Å². The van der Waals surface area contributed by atoms with Crippen LogP contribution in [0, 0.1) is 6.92 Å². The van der Waals surface area contributed by atoms with Crippen molar-refractivity contribution < 1.29 is 4.79 Å². The molecule has 122 valence electrons. The standard InChI is InChI=1S/C19H25N3O/c1-4-12-22(13-5-2)17-10-11-18(20-14-17)21-19(23)16-8-6-15(3)7-9-16/h6-11,14H,4-5,12-13H2,1-3H3,(H,20,21,23). The second-order valence-electron chi connectivity index (χ2n) is 5.71. The molecule has 0 bridgehead atoms. The summed E-state index contributed by atoms with van der Waals surface area (Å²) < 4.78 is 0. The largest absolute Gasteiger partial charge is 0.370 e. The second kappa shape index (κ2) is 8.32. The molecule has 23 heavy (non-hydrogen) atoms. The Morgan fingerprint density at radius 1 is 1.04 bits per heavy atom. The van der Waals surface area contributed by atoms with Crippen LogP contribution in [0.25, 0.3) is 0 Å². The third-order valence-corrected chi connectivity index (χ3v) is 3.66. The maximum atomic E-state index is 12.2. The van der Waals surface area contributed by atoms with Crippen LogP contribution in [0.4, 0.5) is 11.5 Å². The van der Waals surface area contributed by atoms with E-state index in [4.69, 9.17) is 0 Å². The fourth-order valence-electron chi connectivity index (χ4n) is 2.45. The van der Waals surface area contributed by atoms with Crippen molar-refractivity contribution in [2.75, 3.05) is 23.3 Å². The van der Waals surface area contributed by atoms with Gasteiger partial charge in [-0.2, -0.15) is 0 Å². The van der Waals surface area contributed by atoms with Crippen molar-refractivity contribution in [2.24, 2.45) is 0 Å². The number of pyridine rings is 1. The average molecular weight is 311 g/mol. The Bertz CT molecular complexity index is 614. The van der Waals surface area contributed by atoms with Gasteiger partial charge < -0.3 is 10.2 Å². The van der Waals surface area contributed by atoms with Gasteiger partial charge in [0.1, 0.15) is 5.82 Å². The second-order valence-corrected chi connectivity index (χ2v) is 5.71. The summed E-state index contributed by atoms with van der Waals surface area (Å²) in [6.45, 7) is 8.38. The SMILES string of the molecule is CCCN(CCC)c1ccc(NC(=O)c2ccc(C)cc2)nc1. The summed E-state index contributed by atoms with van der Waals surface area (Å²) in [4.78, 5) is 18.9. The molecule has 0 unspecified atom stereocenters. The maximum Gasteiger partial charge on any atom is 0.256 e. The summed E-state index contributed by atoms with van der Waals surface area (Å²) in [5.41, 5.74) is 2.87. The first kappa shape index (κ1) is 17.0. The van der Waals surface area contributed by atoms with E-state index >= 15 is 0 Å². The van der Waals surface area contributed by atoms with Crippen molar-refractivity contribution >= 4 is 17.4 Å². The van der Waals surface area contributed by atoms with Crippen molar-refractivity contribution in [3.05, 3.63) is 53.7 Å². The van der Waals surface area contributed by atoms with Gasteiger partial charge in [0.15, 0.2) is 0 Å². The van der Waals surface area contributed by atoms with E-state index < -0.39 is 0 Å². The third-order valence-electron chi connectivity index (χ3n) is 3.66. The topological polar surface area (TPSA) is 45.2 Å². The molecule has 4 nitrogen and oxygen atoms in total. The van der Waals surface area contributed by atoms with Gasteiger partial charge in [-0.3, -0.25) is 4.79 Å². The lowest BCUT2D eigenvalue weighted by Gasteiger charge is -2.23. The number of nitrogens with one attached hydrogen (secondary N) is 1. The van der Waals surface area contributed by atoms with Gasteiger partial charge in [-0.1, -0.05) is 31.5 Å². The minimum Gasteiger partial charge on any atom is -0.370 e. The fourth-order valence-corrected chi connectivity index (χ4v) is 2.45. The molecule has 1 N–H and O–H groups in total. The molecule has 0 fully saturated rings. The lowest BCUT2D eigenvalue weighted by atomic mass is 10.1. The molecule has 1 amide bonds. The highest BCUT2D eigenvalue weighted by Crippen LogP contribution is 2.16. The smallest absolute Gasteiger partial charge is 0.256 e. The van der Waals surface area contributed by atoms with E-state index in [0.29, 0.717) is 11.4 Å². The van der Waals surface area contributed by atoms with Crippen molar-refractivity contribution in [3.63, 3.8) is 0 Å². The first-order chi connectivity index (χ1) is 11.1. The molecule has 2 rings (SSSR count). The van der Waals surface area contributed by atoms with Crippen molar-refractivity contribution in [2.45, 2.75) is 33.6 Å². The summed E-state index contributed by atoms with van der Waals surface area (Å²) in [6.07, 6.45) is 4.04. The molecule has 1 aromatic carbocycles. The molecule has 0 saturated carbocycles. The first-order valence-electron chi connectivity index (χ1n) is 8.23. The average Bonchev–Trinajstić information content (AvgIpc) is 2.56. The molecule has 2 aromatic rings. The molecule has 0 aliphatic rings. The van der Waals surface area contributed by atoms with E-state index in [-0.39, 0.29) is 5.91 Å². The van der Waals surface area contributed by atoms with Crippen molar-refractivity contribution in [3.8, 4) is 0 Å². The number of nitrogens with zero attached hydrogens (tertiary/aromatic N) is 2. The molecule has 0 saturated heterocycles. The highest BCUT2D eigenvalue weighted by Gasteiger charge is 2.08. The fraction of sp³-hybridized carbons (Fsp3) is 0.368. The monoisotopic (exact) mass is 311 g/mol. The van der Waals surface area contributed by atoms with Crippen LogP contribution in [0.1, 0.15) is 42.6 Å². The molecule has 0 spiro atoms. The Hall–Kier alpha value is -2.36. The molecule has 1 aromatic heterocycles. The lowest BCUT2D eigenvalue weighted by molar-refractivity contribution is 0.102. The number of carbonyl (C=O) groups is 1. The number of hydrogen-bond donors (Lipinski definition) is 1. The normalized spacial score (nSPS) is 10.4. The zero-order valence-corrected chi connectivity index (χ0v) is 14.2. The van der Waals surface area contributed by atoms with Gasteiger partial charge in [0.05, 0.1) is 11.9 Å². The van der Waals surface area contributed by atoms with Crippen molar-refractivity contribution in [1.82, 2.24) is 4.98 Å². The zero-order valence-electron chi connectivity index (χ0n) is 14.2. The molecule has 0 radical (unpaired) electrons. The Labute approximate surface area is 138 Å². The summed E-state index contributed by atoms with van der Waals surface area (Å²) in [5.74, 6) is 0.441. The predicted octanol–water partition coefficient (Wildman–Crippen LogP) is 4.27. The van der Waals surface area contributed by atoms with Crippen LogP contribution in [-0.4, -0.2) is 24.0 Å². The number of aryl methyl sites for hydroxylation is 1. The summed E-state index contributed by atoms with van der Waals surface area (Å²) in [7, 11) is 0. The highest BCUT2D eigenvalue weighted by molar-refractivity contribution is 6.03.